The van der Waals surface area contributed by atoms with Gasteiger partial charge in [0.15, 0.2) is 0 Å². The van der Waals surface area contributed by atoms with E-state index in [-0.39, 0.29) is 0 Å². The first-order valence-electron chi connectivity index (χ1n) is 6.12. The van der Waals surface area contributed by atoms with Crippen molar-refractivity contribution in [1.82, 2.24) is 0 Å². The maximum atomic E-state index is 4.58. The first kappa shape index (κ1) is 9.23. The van der Waals surface area contributed by atoms with Gasteiger partial charge in [-0.05, 0) is 42.3 Å². The quantitative estimate of drug-likeness (QED) is 0.668. The van der Waals surface area contributed by atoms with Crippen LogP contribution >= 0.6 is 0 Å². The van der Waals surface area contributed by atoms with Crippen molar-refractivity contribution in [3.63, 3.8) is 0 Å². The standard InChI is InChI=1S/C15H14N2/c1-9-12-7-5-10-3-4-11-6-8-13(17(2)16-9)15(12)14(10)11/h5-8H,3-4H2,1-2H3. The smallest absolute Gasteiger partial charge is 0.0676 e. The van der Waals surface area contributed by atoms with Gasteiger partial charge in [0.1, 0.15) is 0 Å². The highest BCUT2D eigenvalue weighted by Crippen LogP contribution is 2.40. The van der Waals surface area contributed by atoms with E-state index >= 15 is 0 Å². The lowest BCUT2D eigenvalue weighted by Gasteiger charge is -2.24. The van der Waals surface area contributed by atoms with E-state index in [2.05, 4.69) is 36.3 Å². The first-order chi connectivity index (χ1) is 8.25. The van der Waals surface area contributed by atoms with Crippen LogP contribution in [0, 0.1) is 0 Å². The van der Waals surface area contributed by atoms with Gasteiger partial charge in [-0.2, -0.15) is 5.10 Å². The highest BCUT2D eigenvalue weighted by molar-refractivity contribution is 6.17. The van der Waals surface area contributed by atoms with E-state index in [0.29, 0.717) is 0 Å². The highest BCUT2D eigenvalue weighted by atomic mass is 15.4. The van der Waals surface area contributed by atoms with Gasteiger partial charge in [-0.25, -0.2) is 0 Å². The van der Waals surface area contributed by atoms with E-state index in [9.17, 15) is 0 Å². The zero-order valence-corrected chi connectivity index (χ0v) is 10.1. The largest absolute Gasteiger partial charge is 0.268 e. The molecule has 0 spiro atoms. The Bertz CT molecular complexity index is 673. The third-order valence-corrected chi connectivity index (χ3v) is 4.01. The normalized spacial score (nSPS) is 16.6. The van der Waals surface area contributed by atoms with Crippen LogP contribution in [0.3, 0.4) is 0 Å². The fraction of sp³-hybridized carbons (Fsp3) is 0.267. The molecule has 0 N–H and O–H groups in total. The van der Waals surface area contributed by atoms with Crippen molar-refractivity contribution in [2.75, 3.05) is 12.1 Å². The predicted octanol–water partition coefficient (Wildman–Crippen LogP) is 3.11. The van der Waals surface area contributed by atoms with Gasteiger partial charge in [-0.1, -0.05) is 18.2 Å². The molecule has 2 heteroatoms. The second-order valence-corrected chi connectivity index (χ2v) is 4.98. The monoisotopic (exact) mass is 222 g/mol. The number of benzene rings is 2. The molecule has 0 fully saturated rings. The van der Waals surface area contributed by atoms with Crippen LogP contribution in [0.4, 0.5) is 5.69 Å². The van der Waals surface area contributed by atoms with Crippen LogP contribution in [0.25, 0.3) is 10.8 Å². The lowest BCUT2D eigenvalue weighted by atomic mass is 9.95. The zero-order chi connectivity index (χ0) is 11.6. The third kappa shape index (κ3) is 1.03. The van der Waals surface area contributed by atoms with Crippen LogP contribution in [0.15, 0.2) is 29.4 Å². The Balaban J connectivity index is 2.26. The molecule has 0 saturated heterocycles. The molecule has 2 aromatic rings. The number of aryl methyl sites for hydroxylation is 2. The Labute approximate surface area is 101 Å². The number of hydrogen-bond acceptors (Lipinski definition) is 2. The van der Waals surface area contributed by atoms with Gasteiger partial charge in [0.25, 0.3) is 0 Å². The molecule has 17 heavy (non-hydrogen) atoms. The fourth-order valence-corrected chi connectivity index (χ4v) is 3.21. The second kappa shape index (κ2) is 2.89. The summed E-state index contributed by atoms with van der Waals surface area (Å²) in [6.07, 6.45) is 2.38. The first-order valence-corrected chi connectivity index (χ1v) is 6.12. The summed E-state index contributed by atoms with van der Waals surface area (Å²) in [7, 11) is 2.03. The molecule has 2 aliphatic rings. The van der Waals surface area contributed by atoms with Crippen molar-refractivity contribution in [2.24, 2.45) is 5.10 Å². The Morgan fingerprint density at radius 2 is 1.71 bits per heavy atom. The maximum Gasteiger partial charge on any atom is 0.0676 e. The molecule has 0 saturated carbocycles. The number of nitrogens with zero attached hydrogens (tertiary/aromatic N) is 2. The summed E-state index contributed by atoms with van der Waals surface area (Å²) < 4.78 is 0. The van der Waals surface area contributed by atoms with Gasteiger partial charge in [0.2, 0.25) is 0 Å². The van der Waals surface area contributed by atoms with Gasteiger partial charge in [0, 0.05) is 18.0 Å². The Kier molecular flexibility index (Phi) is 1.57. The SMILES string of the molecule is CC1=NN(C)c2ccc3c4c(ccc1c24)CC3. The van der Waals surface area contributed by atoms with Crippen molar-refractivity contribution >= 4 is 22.2 Å². The molecule has 1 aliphatic heterocycles. The number of hydrogen-bond donors (Lipinski definition) is 0. The number of rotatable bonds is 0. The van der Waals surface area contributed by atoms with Crippen LogP contribution in [-0.4, -0.2) is 12.8 Å². The third-order valence-electron chi connectivity index (χ3n) is 4.01. The summed E-state index contributed by atoms with van der Waals surface area (Å²) in [5.41, 5.74) is 6.68. The molecule has 0 amide bonds. The van der Waals surface area contributed by atoms with Gasteiger partial charge in [0.05, 0.1) is 11.4 Å². The Morgan fingerprint density at radius 3 is 2.47 bits per heavy atom. The van der Waals surface area contributed by atoms with E-state index in [0.717, 1.165) is 5.71 Å². The molecule has 84 valence electrons. The number of anilines is 1. The predicted molar refractivity (Wildman–Crippen MR) is 72.0 cm³/mol. The van der Waals surface area contributed by atoms with Crippen molar-refractivity contribution < 1.29 is 0 Å². The maximum absolute atomic E-state index is 4.58. The van der Waals surface area contributed by atoms with Crippen molar-refractivity contribution in [3.05, 3.63) is 41.0 Å². The van der Waals surface area contributed by atoms with Crippen molar-refractivity contribution in [2.45, 2.75) is 19.8 Å². The van der Waals surface area contributed by atoms with E-state index in [1.54, 1.807) is 0 Å². The van der Waals surface area contributed by atoms with Crippen LogP contribution in [0.5, 0.6) is 0 Å². The molecule has 2 aromatic carbocycles. The molecule has 1 heterocycles. The molecule has 2 nitrogen and oxygen atoms in total. The highest BCUT2D eigenvalue weighted by Gasteiger charge is 2.23. The lowest BCUT2D eigenvalue weighted by Crippen LogP contribution is -2.18. The average Bonchev–Trinajstić information content (AvgIpc) is 2.74. The van der Waals surface area contributed by atoms with E-state index in [1.807, 2.05) is 12.1 Å². The summed E-state index contributed by atoms with van der Waals surface area (Å²) in [5.74, 6) is 0. The average molecular weight is 222 g/mol. The van der Waals surface area contributed by atoms with Crippen LogP contribution in [0.2, 0.25) is 0 Å². The minimum absolute atomic E-state index is 1.12. The Hall–Kier alpha value is -1.83. The van der Waals surface area contributed by atoms with Gasteiger partial charge in [-0.3, -0.25) is 5.01 Å². The molecule has 4 rings (SSSR count). The van der Waals surface area contributed by atoms with Crippen LogP contribution < -0.4 is 5.01 Å². The summed E-state index contributed by atoms with van der Waals surface area (Å²) in [6.45, 7) is 2.10. The number of hydrazone groups is 1. The van der Waals surface area contributed by atoms with Gasteiger partial charge in [-0.15, -0.1) is 0 Å². The van der Waals surface area contributed by atoms with E-state index < -0.39 is 0 Å². The second-order valence-electron chi connectivity index (χ2n) is 4.98. The summed E-state index contributed by atoms with van der Waals surface area (Å²) in [6, 6.07) is 9.00. The van der Waals surface area contributed by atoms with Crippen LogP contribution in [0.1, 0.15) is 23.6 Å². The summed E-state index contributed by atoms with van der Waals surface area (Å²) >= 11 is 0. The van der Waals surface area contributed by atoms with Gasteiger partial charge >= 0.3 is 0 Å². The molecule has 0 bridgehead atoms. The fourth-order valence-electron chi connectivity index (χ4n) is 3.21. The van der Waals surface area contributed by atoms with E-state index in [4.69, 9.17) is 0 Å². The zero-order valence-electron chi connectivity index (χ0n) is 10.1. The van der Waals surface area contributed by atoms with E-state index in [1.165, 1.54) is 46.0 Å². The molecule has 0 aromatic heterocycles. The molecular formula is C15H14N2. The van der Waals surface area contributed by atoms with Crippen LogP contribution in [-0.2, 0) is 12.8 Å². The molecule has 0 unspecified atom stereocenters. The lowest BCUT2D eigenvalue weighted by molar-refractivity contribution is 1.01. The van der Waals surface area contributed by atoms with Crippen molar-refractivity contribution in [3.8, 4) is 0 Å². The molecular weight excluding hydrogens is 208 g/mol. The molecule has 1 aliphatic carbocycles. The Morgan fingerprint density at radius 1 is 1.00 bits per heavy atom. The summed E-state index contributed by atoms with van der Waals surface area (Å²) in [5, 5.41) is 9.48. The van der Waals surface area contributed by atoms with Gasteiger partial charge < -0.3 is 0 Å². The minimum Gasteiger partial charge on any atom is -0.268 e. The molecule has 0 atom stereocenters. The minimum atomic E-state index is 1.12. The molecule has 0 radical (unpaired) electrons. The topological polar surface area (TPSA) is 15.6 Å². The summed E-state index contributed by atoms with van der Waals surface area (Å²) in [4.78, 5) is 0. The van der Waals surface area contributed by atoms with Crippen molar-refractivity contribution in [1.29, 1.82) is 0 Å².